The molecule has 0 aliphatic carbocycles. The van der Waals surface area contributed by atoms with E-state index in [9.17, 15) is 21.6 Å². The van der Waals surface area contributed by atoms with Crippen molar-refractivity contribution in [3.63, 3.8) is 0 Å². The van der Waals surface area contributed by atoms with Crippen molar-refractivity contribution in [2.24, 2.45) is 5.92 Å². The van der Waals surface area contributed by atoms with Crippen molar-refractivity contribution in [1.82, 2.24) is 19.1 Å². The number of sulfonamides is 2. The maximum absolute atomic E-state index is 13.0. The predicted octanol–water partition coefficient (Wildman–Crippen LogP) is -0.530. The number of piperidine rings is 1. The number of hydrogen-bond acceptors (Lipinski definition) is 8. The van der Waals surface area contributed by atoms with Gasteiger partial charge in [-0.05, 0) is 26.7 Å². The molecule has 0 radical (unpaired) electrons. The normalized spacial score (nSPS) is 22.1. The number of aryl methyl sites for hydroxylation is 2. The van der Waals surface area contributed by atoms with E-state index >= 15 is 0 Å². The molecule has 11 nitrogen and oxygen atoms in total. The zero-order valence-electron chi connectivity index (χ0n) is 17.2. The number of nitrogens with zero attached hydrogens (tertiary/aromatic N) is 3. The maximum Gasteiger partial charge on any atom is 0.248 e. The zero-order chi connectivity index (χ0) is 21.9. The minimum Gasteiger partial charge on any atom is -0.379 e. The fraction of sp³-hybridized carbons (Fsp3) is 0.765. The van der Waals surface area contributed by atoms with Crippen LogP contribution in [0.3, 0.4) is 0 Å². The summed E-state index contributed by atoms with van der Waals surface area (Å²) in [6.07, 6.45) is 1.07. The molecule has 1 N–H and O–H groups in total. The molecule has 2 aliphatic rings. The molecule has 1 aromatic rings. The molecule has 1 amide bonds. The Balaban J connectivity index is 1.57. The molecule has 3 rings (SSSR count). The molecule has 0 aromatic carbocycles. The molecule has 1 aromatic heterocycles. The quantitative estimate of drug-likeness (QED) is 0.568. The molecule has 0 saturated carbocycles. The highest BCUT2D eigenvalue weighted by atomic mass is 32.2. The van der Waals surface area contributed by atoms with Gasteiger partial charge in [0.25, 0.3) is 0 Å². The largest absolute Gasteiger partial charge is 0.379 e. The summed E-state index contributed by atoms with van der Waals surface area (Å²) in [4.78, 5) is 12.6. The van der Waals surface area contributed by atoms with Crippen molar-refractivity contribution in [1.29, 1.82) is 0 Å². The molecule has 1 atom stereocenters. The van der Waals surface area contributed by atoms with Gasteiger partial charge in [0.05, 0.1) is 24.9 Å². The minimum absolute atomic E-state index is 0.0222. The van der Waals surface area contributed by atoms with Gasteiger partial charge in [-0.2, -0.15) is 8.61 Å². The first-order chi connectivity index (χ1) is 14.1. The molecule has 1 unspecified atom stereocenters. The van der Waals surface area contributed by atoms with Gasteiger partial charge in [0, 0.05) is 32.7 Å². The van der Waals surface area contributed by atoms with Crippen molar-refractivity contribution in [2.75, 3.05) is 51.7 Å². The number of rotatable bonds is 7. The Labute approximate surface area is 176 Å². The average Bonchev–Trinajstić information content (AvgIpc) is 3.07. The van der Waals surface area contributed by atoms with Crippen LogP contribution < -0.4 is 5.32 Å². The number of carbonyl (C=O) groups is 1. The van der Waals surface area contributed by atoms with Crippen molar-refractivity contribution in [3.05, 3.63) is 11.5 Å². The van der Waals surface area contributed by atoms with E-state index < -0.39 is 26.0 Å². The van der Waals surface area contributed by atoms with Crippen molar-refractivity contribution >= 4 is 26.0 Å². The smallest absolute Gasteiger partial charge is 0.248 e. The topological polar surface area (TPSA) is 139 Å². The van der Waals surface area contributed by atoms with Crippen LogP contribution in [0.2, 0.25) is 0 Å². The molecule has 3 heterocycles. The maximum atomic E-state index is 13.0. The number of hydrogen-bond donors (Lipinski definition) is 1. The monoisotopic (exact) mass is 464 g/mol. The molecule has 30 heavy (non-hydrogen) atoms. The summed E-state index contributed by atoms with van der Waals surface area (Å²) in [5, 5.41) is 6.35. The van der Waals surface area contributed by atoms with E-state index in [1.165, 1.54) is 15.5 Å². The van der Waals surface area contributed by atoms with Gasteiger partial charge in [-0.15, -0.1) is 0 Å². The Hall–Kier alpha value is -1.54. The fourth-order valence-corrected chi connectivity index (χ4v) is 6.89. The summed E-state index contributed by atoms with van der Waals surface area (Å²) in [5.74, 6) is -0.870. The lowest BCUT2D eigenvalue weighted by atomic mass is 9.99. The Morgan fingerprint density at radius 2 is 1.83 bits per heavy atom. The van der Waals surface area contributed by atoms with Crippen LogP contribution in [0.4, 0.5) is 0 Å². The Morgan fingerprint density at radius 3 is 2.47 bits per heavy atom. The number of nitrogens with one attached hydrogen (secondary N) is 1. The lowest BCUT2D eigenvalue weighted by Gasteiger charge is -2.31. The highest BCUT2D eigenvalue weighted by Gasteiger charge is 2.36. The average molecular weight is 465 g/mol. The van der Waals surface area contributed by atoms with Crippen molar-refractivity contribution in [3.8, 4) is 0 Å². The Bertz CT molecular complexity index is 949. The fourth-order valence-electron chi connectivity index (χ4n) is 3.75. The van der Waals surface area contributed by atoms with Gasteiger partial charge in [-0.1, -0.05) is 5.16 Å². The molecular formula is C17H28N4O7S2. The predicted molar refractivity (Wildman–Crippen MR) is 107 cm³/mol. The van der Waals surface area contributed by atoms with E-state index in [0.29, 0.717) is 45.7 Å². The summed E-state index contributed by atoms with van der Waals surface area (Å²) in [5.41, 5.74) is 0.285. The Kier molecular flexibility index (Phi) is 7.17. The van der Waals surface area contributed by atoms with Gasteiger partial charge in [0.2, 0.25) is 26.0 Å². The van der Waals surface area contributed by atoms with Crippen LogP contribution in [0.25, 0.3) is 0 Å². The van der Waals surface area contributed by atoms with Gasteiger partial charge in [0.1, 0.15) is 10.6 Å². The first kappa shape index (κ1) is 23.1. The van der Waals surface area contributed by atoms with Crippen LogP contribution >= 0.6 is 0 Å². The third-order valence-corrected chi connectivity index (χ3v) is 9.33. The van der Waals surface area contributed by atoms with Crippen LogP contribution in [0.5, 0.6) is 0 Å². The molecule has 2 fully saturated rings. The molecule has 13 heteroatoms. The summed E-state index contributed by atoms with van der Waals surface area (Å²) < 4.78 is 63.4. The Morgan fingerprint density at radius 1 is 1.13 bits per heavy atom. The van der Waals surface area contributed by atoms with E-state index in [0.717, 1.165) is 0 Å². The molecule has 170 valence electrons. The third kappa shape index (κ3) is 5.02. The number of carbonyl (C=O) groups excluding carboxylic acids is 1. The van der Waals surface area contributed by atoms with Crippen LogP contribution in [0, 0.1) is 19.8 Å². The van der Waals surface area contributed by atoms with Gasteiger partial charge >= 0.3 is 0 Å². The highest BCUT2D eigenvalue weighted by Crippen LogP contribution is 2.27. The van der Waals surface area contributed by atoms with Crippen LogP contribution in [-0.2, 0) is 29.6 Å². The second kappa shape index (κ2) is 9.30. The van der Waals surface area contributed by atoms with E-state index in [2.05, 4.69) is 10.5 Å². The third-order valence-electron chi connectivity index (χ3n) is 5.34. The number of morpholine rings is 1. The highest BCUT2D eigenvalue weighted by molar-refractivity contribution is 7.89. The second-order valence-electron chi connectivity index (χ2n) is 7.47. The summed E-state index contributed by atoms with van der Waals surface area (Å²) in [6, 6.07) is 0. The SMILES string of the molecule is Cc1noc(C)c1S(=O)(=O)N1CCCC(C(=O)NCCS(=O)(=O)N2CCOCC2)C1. The molecule has 2 saturated heterocycles. The number of ether oxygens (including phenoxy) is 1. The molecule has 0 bridgehead atoms. The first-order valence-electron chi connectivity index (χ1n) is 9.89. The standard InChI is InChI=1S/C17H28N4O7S2/c1-13-16(14(2)28-19-13)30(25,26)21-6-3-4-15(12-21)17(22)18-5-11-29(23,24)20-7-9-27-10-8-20/h15H,3-12H2,1-2H3,(H,18,22). The summed E-state index contributed by atoms with van der Waals surface area (Å²) in [6.45, 7) is 4.77. The second-order valence-corrected chi connectivity index (χ2v) is 11.4. The summed E-state index contributed by atoms with van der Waals surface area (Å²) in [7, 11) is -7.29. The molecule has 0 spiro atoms. The van der Waals surface area contributed by atoms with Gasteiger partial charge in [-0.25, -0.2) is 16.8 Å². The number of aromatic nitrogens is 1. The van der Waals surface area contributed by atoms with E-state index in [1.807, 2.05) is 0 Å². The van der Waals surface area contributed by atoms with Gasteiger partial charge < -0.3 is 14.6 Å². The zero-order valence-corrected chi connectivity index (χ0v) is 18.8. The first-order valence-corrected chi connectivity index (χ1v) is 12.9. The van der Waals surface area contributed by atoms with E-state index in [1.54, 1.807) is 6.92 Å². The summed E-state index contributed by atoms with van der Waals surface area (Å²) >= 11 is 0. The minimum atomic E-state index is -3.82. The lowest BCUT2D eigenvalue weighted by molar-refractivity contribution is -0.125. The van der Waals surface area contributed by atoms with Crippen LogP contribution in [0.15, 0.2) is 9.42 Å². The van der Waals surface area contributed by atoms with Crippen molar-refractivity contribution < 1.29 is 30.9 Å². The van der Waals surface area contributed by atoms with Gasteiger partial charge in [0.15, 0.2) is 5.76 Å². The van der Waals surface area contributed by atoms with Crippen molar-refractivity contribution in [2.45, 2.75) is 31.6 Å². The molecule has 2 aliphatic heterocycles. The lowest BCUT2D eigenvalue weighted by Crippen LogP contribution is -2.47. The molecular weight excluding hydrogens is 436 g/mol. The van der Waals surface area contributed by atoms with E-state index in [4.69, 9.17) is 9.26 Å². The van der Waals surface area contributed by atoms with Crippen LogP contribution in [-0.4, -0.2) is 88.2 Å². The van der Waals surface area contributed by atoms with E-state index in [-0.39, 0.29) is 41.1 Å². The van der Waals surface area contributed by atoms with Gasteiger partial charge in [-0.3, -0.25) is 4.79 Å². The van der Waals surface area contributed by atoms with Crippen LogP contribution in [0.1, 0.15) is 24.3 Å². The number of amides is 1.